The molecule has 0 bridgehead atoms. The van der Waals surface area contributed by atoms with Gasteiger partial charge in [-0.2, -0.15) is 4.31 Å². The first-order chi connectivity index (χ1) is 10.5. The lowest BCUT2D eigenvalue weighted by Crippen LogP contribution is -2.45. The van der Waals surface area contributed by atoms with E-state index in [1.807, 2.05) is 6.07 Å². The maximum absolute atomic E-state index is 11.8. The van der Waals surface area contributed by atoms with Crippen LogP contribution in [0.15, 0.2) is 22.5 Å². The van der Waals surface area contributed by atoms with Crippen LogP contribution in [0.5, 0.6) is 0 Å². The van der Waals surface area contributed by atoms with Crippen molar-refractivity contribution in [3.05, 3.63) is 22.4 Å². The first-order valence-electron chi connectivity index (χ1n) is 7.50. The number of aliphatic imine (C=N–C) groups is 1. The van der Waals surface area contributed by atoms with Crippen LogP contribution >= 0.6 is 11.3 Å². The highest BCUT2D eigenvalue weighted by molar-refractivity contribution is 7.88. The Morgan fingerprint density at radius 1 is 1.55 bits per heavy atom. The molecule has 1 unspecified atom stereocenters. The summed E-state index contributed by atoms with van der Waals surface area (Å²) in [6.07, 6.45) is 4.98. The fourth-order valence-corrected chi connectivity index (χ4v) is 4.50. The number of sulfonamides is 1. The predicted molar refractivity (Wildman–Crippen MR) is 91.7 cm³/mol. The summed E-state index contributed by atoms with van der Waals surface area (Å²) in [4.78, 5) is 5.61. The maximum Gasteiger partial charge on any atom is 0.211 e. The quantitative estimate of drug-likeness (QED) is 0.595. The van der Waals surface area contributed by atoms with Gasteiger partial charge in [-0.3, -0.25) is 4.99 Å². The number of thiophene rings is 1. The SMILES string of the molecule is CS(=O)(=O)N1CCCCC1CN=C(N)NCCc1cccs1. The van der Waals surface area contributed by atoms with E-state index in [0.717, 1.165) is 32.2 Å². The third kappa shape index (κ3) is 5.26. The molecule has 0 radical (unpaired) electrons. The van der Waals surface area contributed by atoms with E-state index < -0.39 is 10.0 Å². The topological polar surface area (TPSA) is 87.8 Å². The zero-order valence-corrected chi connectivity index (χ0v) is 14.5. The summed E-state index contributed by atoms with van der Waals surface area (Å²) < 4.78 is 25.1. The zero-order chi connectivity index (χ0) is 16.0. The molecule has 1 aromatic rings. The van der Waals surface area contributed by atoms with Crippen molar-refractivity contribution in [3.8, 4) is 0 Å². The van der Waals surface area contributed by atoms with Crippen LogP contribution in [0.2, 0.25) is 0 Å². The fraction of sp³-hybridized carbons (Fsp3) is 0.643. The van der Waals surface area contributed by atoms with Crippen molar-refractivity contribution in [1.29, 1.82) is 0 Å². The summed E-state index contributed by atoms with van der Waals surface area (Å²) >= 11 is 1.72. The zero-order valence-electron chi connectivity index (χ0n) is 12.9. The third-order valence-electron chi connectivity index (χ3n) is 3.73. The van der Waals surface area contributed by atoms with Gasteiger partial charge in [-0.15, -0.1) is 11.3 Å². The number of rotatable bonds is 6. The Balaban J connectivity index is 1.81. The molecule has 1 saturated heterocycles. The van der Waals surface area contributed by atoms with Gasteiger partial charge >= 0.3 is 0 Å². The van der Waals surface area contributed by atoms with Crippen LogP contribution in [0.25, 0.3) is 0 Å². The molecule has 8 heteroatoms. The van der Waals surface area contributed by atoms with E-state index in [4.69, 9.17) is 5.73 Å². The van der Waals surface area contributed by atoms with E-state index in [-0.39, 0.29) is 6.04 Å². The van der Waals surface area contributed by atoms with E-state index >= 15 is 0 Å². The number of hydrogen-bond donors (Lipinski definition) is 2. The molecule has 124 valence electrons. The average Bonchev–Trinajstić information content (AvgIpc) is 2.98. The largest absolute Gasteiger partial charge is 0.370 e. The Morgan fingerprint density at radius 3 is 3.05 bits per heavy atom. The minimum absolute atomic E-state index is 0.0682. The van der Waals surface area contributed by atoms with Gasteiger partial charge in [0.05, 0.1) is 12.8 Å². The van der Waals surface area contributed by atoms with Crippen LogP contribution in [0.4, 0.5) is 0 Å². The Hall–Kier alpha value is -1.12. The number of hydrogen-bond acceptors (Lipinski definition) is 4. The summed E-state index contributed by atoms with van der Waals surface area (Å²) in [7, 11) is -3.17. The maximum atomic E-state index is 11.8. The van der Waals surface area contributed by atoms with Crippen molar-refractivity contribution in [1.82, 2.24) is 9.62 Å². The number of nitrogens with zero attached hydrogens (tertiary/aromatic N) is 2. The first-order valence-corrected chi connectivity index (χ1v) is 10.2. The van der Waals surface area contributed by atoms with Crippen LogP contribution < -0.4 is 11.1 Å². The molecular formula is C14H24N4O2S2. The number of nitrogens with one attached hydrogen (secondary N) is 1. The van der Waals surface area contributed by atoms with Gasteiger partial charge in [0.2, 0.25) is 10.0 Å². The lowest BCUT2D eigenvalue weighted by Gasteiger charge is -2.32. The van der Waals surface area contributed by atoms with Crippen molar-refractivity contribution >= 4 is 27.3 Å². The highest BCUT2D eigenvalue weighted by atomic mass is 32.2. The molecule has 1 aromatic heterocycles. The number of nitrogens with two attached hydrogens (primary N) is 1. The molecule has 6 nitrogen and oxygen atoms in total. The van der Waals surface area contributed by atoms with Gasteiger partial charge in [-0.05, 0) is 30.7 Å². The van der Waals surface area contributed by atoms with Crippen molar-refractivity contribution in [2.45, 2.75) is 31.7 Å². The third-order valence-corrected chi connectivity index (χ3v) is 6.00. The molecule has 2 rings (SSSR count). The van der Waals surface area contributed by atoms with E-state index in [0.29, 0.717) is 19.0 Å². The summed E-state index contributed by atoms with van der Waals surface area (Å²) in [6, 6.07) is 4.05. The summed E-state index contributed by atoms with van der Waals surface area (Å²) in [6.45, 7) is 1.74. The van der Waals surface area contributed by atoms with E-state index in [1.54, 1.807) is 15.6 Å². The number of piperidine rings is 1. The van der Waals surface area contributed by atoms with Crippen LogP contribution in [-0.4, -0.2) is 50.6 Å². The minimum atomic E-state index is -3.17. The van der Waals surface area contributed by atoms with Gasteiger partial charge in [-0.25, -0.2) is 8.42 Å². The molecule has 22 heavy (non-hydrogen) atoms. The van der Waals surface area contributed by atoms with Crippen LogP contribution in [0.1, 0.15) is 24.1 Å². The monoisotopic (exact) mass is 344 g/mol. The molecule has 2 heterocycles. The standard InChI is InChI=1S/C14H24N4O2S2/c1-22(19,20)18-9-3-2-5-12(18)11-17-14(15)16-8-7-13-6-4-10-21-13/h4,6,10,12H,2-3,5,7-9,11H2,1H3,(H3,15,16,17). The van der Waals surface area contributed by atoms with Gasteiger partial charge in [-0.1, -0.05) is 12.5 Å². The summed E-state index contributed by atoms with van der Waals surface area (Å²) in [5, 5.41) is 5.13. The van der Waals surface area contributed by atoms with Gasteiger partial charge in [0.1, 0.15) is 0 Å². The van der Waals surface area contributed by atoms with Crippen molar-refractivity contribution in [3.63, 3.8) is 0 Å². The van der Waals surface area contributed by atoms with E-state index in [9.17, 15) is 8.42 Å². The van der Waals surface area contributed by atoms with Gasteiger partial charge in [0, 0.05) is 24.0 Å². The molecule has 0 saturated carbocycles. The Labute approximate surface area is 136 Å². The molecule has 1 aliphatic rings. The van der Waals surface area contributed by atoms with Crippen LogP contribution in [-0.2, 0) is 16.4 Å². The second kappa shape index (κ2) is 7.94. The molecule has 1 atom stereocenters. The van der Waals surface area contributed by atoms with E-state index in [1.165, 1.54) is 11.1 Å². The predicted octanol–water partition coefficient (Wildman–Crippen LogP) is 1.01. The molecule has 1 fully saturated rings. The molecular weight excluding hydrogens is 320 g/mol. The van der Waals surface area contributed by atoms with Gasteiger partial charge < -0.3 is 11.1 Å². The van der Waals surface area contributed by atoms with Crippen LogP contribution in [0.3, 0.4) is 0 Å². The molecule has 0 aliphatic carbocycles. The molecule has 0 aromatic carbocycles. The average molecular weight is 345 g/mol. The summed E-state index contributed by atoms with van der Waals surface area (Å²) in [5.74, 6) is 0.385. The Bertz CT molecular complexity index is 584. The summed E-state index contributed by atoms with van der Waals surface area (Å²) in [5.41, 5.74) is 5.86. The highest BCUT2D eigenvalue weighted by Crippen LogP contribution is 2.19. The second-order valence-electron chi connectivity index (χ2n) is 5.51. The highest BCUT2D eigenvalue weighted by Gasteiger charge is 2.28. The molecule has 0 spiro atoms. The first kappa shape index (κ1) is 17.2. The van der Waals surface area contributed by atoms with Crippen LogP contribution in [0, 0.1) is 0 Å². The fourth-order valence-electron chi connectivity index (χ4n) is 2.62. The smallest absolute Gasteiger partial charge is 0.211 e. The Morgan fingerprint density at radius 2 is 2.36 bits per heavy atom. The minimum Gasteiger partial charge on any atom is -0.370 e. The molecule has 1 aliphatic heterocycles. The second-order valence-corrected chi connectivity index (χ2v) is 8.47. The van der Waals surface area contributed by atoms with Crippen molar-refractivity contribution in [2.24, 2.45) is 10.7 Å². The molecule has 3 N–H and O–H groups in total. The lowest BCUT2D eigenvalue weighted by atomic mass is 10.1. The normalized spacial score (nSPS) is 21.0. The van der Waals surface area contributed by atoms with Crippen molar-refractivity contribution < 1.29 is 8.42 Å². The van der Waals surface area contributed by atoms with Gasteiger partial charge in [0.25, 0.3) is 0 Å². The molecule has 0 amide bonds. The number of guanidine groups is 1. The van der Waals surface area contributed by atoms with Gasteiger partial charge in [0.15, 0.2) is 5.96 Å². The lowest BCUT2D eigenvalue weighted by molar-refractivity contribution is 0.259. The Kier molecular flexibility index (Phi) is 6.22. The van der Waals surface area contributed by atoms with E-state index in [2.05, 4.69) is 21.8 Å². The van der Waals surface area contributed by atoms with Crippen molar-refractivity contribution in [2.75, 3.05) is 25.9 Å².